The van der Waals surface area contributed by atoms with Crippen molar-refractivity contribution in [2.24, 2.45) is 30.7 Å². The van der Waals surface area contributed by atoms with Crippen molar-refractivity contribution in [2.45, 2.75) is 33.0 Å². The Hall–Kier alpha value is -4.64. The van der Waals surface area contributed by atoms with E-state index in [9.17, 15) is 9.59 Å². The average molecular weight is 979 g/mol. The zero-order valence-corrected chi connectivity index (χ0v) is 36.7. The molecule has 0 aliphatic heterocycles. The molecule has 3 aromatic heterocycles. The lowest BCUT2D eigenvalue weighted by Crippen LogP contribution is -2.27. The molecule has 0 bridgehead atoms. The highest BCUT2D eigenvalue weighted by atomic mass is 79.9. The lowest BCUT2D eigenvalue weighted by Gasteiger charge is -2.08. The van der Waals surface area contributed by atoms with E-state index in [4.69, 9.17) is 0 Å². The van der Waals surface area contributed by atoms with E-state index in [1.54, 1.807) is 13.8 Å². The molecule has 0 saturated heterocycles. The standard InChI is InChI=1S/C36H26Br2N12O2S5/c1-19(31(51)45-41-29(21-11-3-5-13-23(21)37)43-47-33-39-25-15-7-9-17-27(25)55-33)53-35-49-50-36(57-35)54-20(2)32(52)46-42-30(22-12-4-6-14-24(22)38)44-48-34-40-26-16-8-10-18-28(26)56-34/h3-20H,1-2H3,(H,45,51)(H,46,52). The number of hydrazone groups is 2. The van der Waals surface area contributed by atoms with Crippen molar-refractivity contribution in [3.8, 4) is 0 Å². The summed E-state index contributed by atoms with van der Waals surface area (Å²) in [4.78, 5) is 35.4. The molecule has 57 heavy (non-hydrogen) atoms. The third kappa shape index (κ3) is 10.7. The van der Waals surface area contributed by atoms with Crippen LogP contribution >= 0.6 is 89.4 Å². The third-order valence-electron chi connectivity index (χ3n) is 7.48. The summed E-state index contributed by atoms with van der Waals surface area (Å²) in [6.07, 6.45) is 0. The Morgan fingerprint density at radius 1 is 0.596 bits per heavy atom. The number of rotatable bonds is 12. The summed E-state index contributed by atoms with van der Waals surface area (Å²) in [7, 11) is 0. The summed E-state index contributed by atoms with van der Waals surface area (Å²) in [6.45, 7) is 3.46. The van der Waals surface area contributed by atoms with Crippen LogP contribution in [-0.2, 0) is 9.59 Å². The van der Waals surface area contributed by atoms with Crippen LogP contribution in [0.4, 0.5) is 10.3 Å². The quantitative estimate of drug-likeness (QED) is 0.0398. The Morgan fingerprint density at radius 3 is 1.42 bits per heavy atom. The summed E-state index contributed by atoms with van der Waals surface area (Å²) >= 11 is 13.6. The molecule has 2 N–H and O–H groups in total. The maximum atomic E-state index is 13.2. The Labute approximate surface area is 362 Å². The number of hydrogen-bond donors (Lipinski definition) is 2. The number of benzene rings is 4. The second kappa shape index (κ2) is 19.2. The molecule has 14 nitrogen and oxygen atoms in total. The van der Waals surface area contributed by atoms with Crippen molar-refractivity contribution in [3.05, 3.63) is 117 Å². The van der Waals surface area contributed by atoms with Crippen molar-refractivity contribution in [1.82, 2.24) is 31.0 Å². The predicted molar refractivity (Wildman–Crippen MR) is 236 cm³/mol. The minimum absolute atomic E-state index is 0.193. The first-order chi connectivity index (χ1) is 27.7. The van der Waals surface area contributed by atoms with E-state index in [2.05, 4.69) is 93.5 Å². The third-order valence-corrected chi connectivity index (χ3v) is 14.0. The number of carbonyl (C=O) groups is 2. The van der Waals surface area contributed by atoms with Gasteiger partial charge in [0.15, 0.2) is 8.68 Å². The molecule has 7 aromatic rings. The first kappa shape index (κ1) is 40.6. The number of thioether (sulfide) groups is 2. The van der Waals surface area contributed by atoms with Gasteiger partial charge in [-0.2, -0.15) is 10.2 Å². The fourth-order valence-corrected chi connectivity index (χ4v) is 10.4. The van der Waals surface area contributed by atoms with Gasteiger partial charge in [0.05, 0.1) is 30.9 Å². The number of thiazole rings is 2. The number of halogens is 2. The van der Waals surface area contributed by atoms with Gasteiger partial charge in [-0.25, -0.2) is 20.8 Å². The monoisotopic (exact) mass is 976 g/mol. The van der Waals surface area contributed by atoms with Crippen molar-refractivity contribution in [3.63, 3.8) is 0 Å². The predicted octanol–water partition coefficient (Wildman–Crippen LogP) is 10.8. The van der Waals surface area contributed by atoms with Gasteiger partial charge in [-0.15, -0.1) is 30.7 Å². The number of carbonyl (C=O) groups excluding carboxylic acids is 2. The molecular formula is C36H26Br2N12O2S5. The smallest absolute Gasteiger partial charge is 0.253 e. The highest BCUT2D eigenvalue weighted by Crippen LogP contribution is 2.34. The van der Waals surface area contributed by atoms with Crippen molar-refractivity contribution < 1.29 is 9.59 Å². The Balaban J connectivity index is 0.973. The molecule has 0 aliphatic carbocycles. The van der Waals surface area contributed by atoms with Gasteiger partial charge in [0, 0.05) is 20.1 Å². The number of nitrogens with one attached hydrogen (secondary N) is 2. The molecule has 0 saturated carbocycles. The Bertz CT molecular complexity index is 2450. The normalized spacial score (nSPS) is 13.5. The molecule has 7 rings (SSSR count). The zero-order chi connectivity index (χ0) is 39.7. The van der Waals surface area contributed by atoms with Crippen molar-refractivity contribution >= 4 is 144 Å². The van der Waals surface area contributed by atoms with E-state index in [1.807, 2.05) is 97.1 Å². The van der Waals surface area contributed by atoms with Crippen LogP contribution in [0.25, 0.3) is 20.4 Å². The molecule has 2 unspecified atom stereocenters. The average Bonchev–Trinajstić information content (AvgIpc) is 3.96. The van der Waals surface area contributed by atoms with Gasteiger partial charge in [-0.1, -0.05) is 138 Å². The number of amides is 2. The van der Waals surface area contributed by atoms with E-state index in [-0.39, 0.29) is 23.5 Å². The first-order valence-corrected chi connectivity index (χ1v) is 22.5. The van der Waals surface area contributed by atoms with Gasteiger partial charge in [0.1, 0.15) is 0 Å². The highest BCUT2D eigenvalue weighted by Gasteiger charge is 2.21. The molecule has 2 amide bonds. The van der Waals surface area contributed by atoms with E-state index in [0.29, 0.717) is 30.1 Å². The summed E-state index contributed by atoms with van der Waals surface area (Å²) in [5, 5.41) is 34.2. The zero-order valence-electron chi connectivity index (χ0n) is 29.5. The van der Waals surface area contributed by atoms with Crippen LogP contribution in [0.5, 0.6) is 0 Å². The van der Waals surface area contributed by atoms with Crippen LogP contribution in [-0.4, -0.2) is 54.2 Å². The van der Waals surface area contributed by atoms with Crippen molar-refractivity contribution in [1.29, 1.82) is 0 Å². The second-order valence-electron chi connectivity index (χ2n) is 11.5. The SMILES string of the molecule is CC(Sc1nnc(SC(C)C(=O)NN=C(N=Nc2nc3ccccc3s2)c2ccccc2Br)s1)C(=O)NN=C(N=Nc1nc2ccccc2s1)c1ccccc1Br. The number of fused-ring (bicyclic) bond motifs is 2. The second-order valence-corrected chi connectivity index (χ2v) is 19.3. The highest BCUT2D eigenvalue weighted by molar-refractivity contribution is 9.10. The van der Waals surface area contributed by atoms with Crippen LogP contribution in [0.15, 0.2) is 145 Å². The van der Waals surface area contributed by atoms with Crippen LogP contribution < -0.4 is 10.9 Å². The number of para-hydroxylation sites is 2. The summed E-state index contributed by atoms with van der Waals surface area (Å²) < 4.78 is 4.52. The maximum Gasteiger partial charge on any atom is 0.253 e. The van der Waals surface area contributed by atoms with E-state index in [0.717, 1.165) is 29.4 Å². The molecule has 0 aliphatic rings. The molecule has 2 atom stereocenters. The molecular weight excluding hydrogens is 953 g/mol. The van der Waals surface area contributed by atoms with Crippen LogP contribution in [0, 0.1) is 0 Å². The number of nitrogens with zero attached hydrogens (tertiary/aromatic N) is 10. The number of azo groups is 2. The fraction of sp³-hybridized carbons (Fsp3) is 0.111. The summed E-state index contributed by atoms with van der Waals surface area (Å²) in [5.41, 5.74) is 8.13. The molecule has 286 valence electrons. The molecule has 0 fully saturated rings. The van der Waals surface area contributed by atoms with Gasteiger partial charge < -0.3 is 0 Å². The number of hydrogen-bond acceptors (Lipinski definition) is 15. The van der Waals surface area contributed by atoms with Gasteiger partial charge in [0.2, 0.25) is 21.9 Å². The van der Waals surface area contributed by atoms with E-state index >= 15 is 0 Å². The number of aromatic nitrogens is 4. The van der Waals surface area contributed by atoms with Gasteiger partial charge in [-0.3, -0.25) is 9.59 Å². The minimum atomic E-state index is -0.594. The molecule has 3 heterocycles. The summed E-state index contributed by atoms with van der Waals surface area (Å²) in [6, 6.07) is 30.2. The largest absolute Gasteiger partial charge is 0.272 e. The Morgan fingerprint density at radius 2 is 1.00 bits per heavy atom. The lowest BCUT2D eigenvalue weighted by atomic mass is 10.2. The van der Waals surface area contributed by atoms with Crippen LogP contribution in [0.3, 0.4) is 0 Å². The van der Waals surface area contributed by atoms with Gasteiger partial charge in [0.25, 0.3) is 11.8 Å². The molecule has 0 spiro atoms. The fourth-order valence-electron chi connectivity index (χ4n) is 4.64. The van der Waals surface area contributed by atoms with Crippen LogP contribution in [0.2, 0.25) is 0 Å². The van der Waals surface area contributed by atoms with Crippen molar-refractivity contribution in [2.75, 3.05) is 0 Å². The van der Waals surface area contributed by atoms with Crippen LogP contribution in [0.1, 0.15) is 25.0 Å². The Kier molecular flexibility index (Phi) is 13.7. The number of amidine groups is 2. The molecule has 4 aromatic carbocycles. The maximum absolute atomic E-state index is 13.2. The lowest BCUT2D eigenvalue weighted by molar-refractivity contribution is -0.121. The minimum Gasteiger partial charge on any atom is -0.272 e. The van der Waals surface area contributed by atoms with Gasteiger partial charge >= 0.3 is 0 Å². The first-order valence-electron chi connectivity index (χ1n) is 16.7. The molecule has 21 heteroatoms. The van der Waals surface area contributed by atoms with Gasteiger partial charge in [-0.05, 0) is 62.4 Å². The molecule has 0 radical (unpaired) electrons. The summed E-state index contributed by atoms with van der Waals surface area (Å²) in [5.74, 6) is -0.372. The topological polar surface area (TPSA) is 184 Å². The van der Waals surface area contributed by atoms with E-state index < -0.39 is 10.5 Å². The van der Waals surface area contributed by atoms with E-state index in [1.165, 1.54) is 57.5 Å².